The fraction of sp³-hybridized carbons (Fsp3) is 0.375. The van der Waals surface area contributed by atoms with Crippen LogP contribution in [-0.2, 0) is 19.0 Å². The van der Waals surface area contributed by atoms with Crippen molar-refractivity contribution in [2.45, 2.75) is 43.8 Å². The fourth-order valence-electron chi connectivity index (χ4n) is 4.57. The number of carbonyl (C=O) groups is 1. The molecule has 0 bridgehead atoms. The molecule has 3 atom stereocenters. The lowest BCUT2D eigenvalue weighted by Crippen LogP contribution is -2.78. The van der Waals surface area contributed by atoms with Gasteiger partial charge in [0.1, 0.15) is 23.7 Å². The summed E-state index contributed by atoms with van der Waals surface area (Å²) in [6.45, 7) is 4.19. The number of benzene rings is 2. The number of amides is 1. The molecular weight excluding hydrogens is 382 g/mol. The summed E-state index contributed by atoms with van der Waals surface area (Å²) in [5, 5.41) is 0. The summed E-state index contributed by atoms with van der Waals surface area (Å²) in [6.07, 6.45) is 2.23. The molecular formula is C24H25NO5. The van der Waals surface area contributed by atoms with Gasteiger partial charge in [-0.3, -0.25) is 9.69 Å². The number of hydrogen-bond acceptors (Lipinski definition) is 5. The van der Waals surface area contributed by atoms with Crippen LogP contribution >= 0.6 is 0 Å². The second-order valence-electron chi connectivity index (χ2n) is 8.32. The average molecular weight is 407 g/mol. The molecule has 1 spiro atoms. The van der Waals surface area contributed by atoms with Gasteiger partial charge in [-0.15, -0.1) is 0 Å². The summed E-state index contributed by atoms with van der Waals surface area (Å²) < 4.78 is 23.6. The highest BCUT2D eigenvalue weighted by molar-refractivity contribution is 6.09. The maximum atomic E-state index is 13.5. The normalized spacial score (nSPS) is 29.5. The van der Waals surface area contributed by atoms with Crippen LogP contribution < -0.4 is 9.64 Å². The topological polar surface area (TPSA) is 57.2 Å². The Balaban J connectivity index is 1.47. The molecule has 2 fully saturated rings. The zero-order valence-electron chi connectivity index (χ0n) is 17.3. The Hall–Kier alpha value is -2.83. The summed E-state index contributed by atoms with van der Waals surface area (Å²) in [5.41, 5.74) is 0.786. The van der Waals surface area contributed by atoms with Crippen molar-refractivity contribution in [3.8, 4) is 5.75 Å². The van der Waals surface area contributed by atoms with Crippen molar-refractivity contribution in [1.82, 2.24) is 0 Å². The number of carbonyl (C=O) groups excluding carboxylic acids is 1. The molecule has 6 nitrogen and oxygen atoms in total. The van der Waals surface area contributed by atoms with E-state index in [1.807, 2.05) is 74.5 Å². The fourth-order valence-corrected chi connectivity index (χ4v) is 4.57. The first kappa shape index (κ1) is 19.2. The van der Waals surface area contributed by atoms with Gasteiger partial charge in [-0.2, -0.15) is 0 Å². The summed E-state index contributed by atoms with van der Waals surface area (Å²) in [6, 6.07) is 17.0. The minimum atomic E-state index is -0.973. The average Bonchev–Trinajstić information content (AvgIpc) is 3.37. The zero-order valence-corrected chi connectivity index (χ0v) is 17.3. The number of anilines is 1. The molecule has 0 aliphatic carbocycles. The second kappa shape index (κ2) is 6.86. The van der Waals surface area contributed by atoms with Gasteiger partial charge in [-0.1, -0.05) is 30.3 Å². The minimum Gasteiger partial charge on any atom is -0.497 e. The molecule has 6 heteroatoms. The van der Waals surface area contributed by atoms with E-state index in [4.69, 9.17) is 18.9 Å². The smallest absolute Gasteiger partial charge is 0.274 e. The second-order valence-corrected chi connectivity index (χ2v) is 8.32. The summed E-state index contributed by atoms with van der Waals surface area (Å²) in [5.74, 6) is 0.726. The Labute approximate surface area is 176 Å². The third-order valence-corrected chi connectivity index (χ3v) is 6.01. The van der Waals surface area contributed by atoms with E-state index in [2.05, 4.69) is 0 Å². The van der Waals surface area contributed by atoms with Crippen LogP contribution in [0.15, 0.2) is 60.7 Å². The predicted octanol–water partition coefficient (Wildman–Crippen LogP) is 3.76. The van der Waals surface area contributed by atoms with Gasteiger partial charge in [0.2, 0.25) is 5.60 Å². The Kier molecular flexibility index (Phi) is 4.38. The molecule has 0 unspecified atom stereocenters. The van der Waals surface area contributed by atoms with Crippen LogP contribution in [-0.4, -0.2) is 43.2 Å². The molecule has 3 aliphatic heterocycles. The van der Waals surface area contributed by atoms with Gasteiger partial charge in [0.25, 0.3) is 5.91 Å². The lowest BCUT2D eigenvalue weighted by molar-refractivity contribution is -0.171. The summed E-state index contributed by atoms with van der Waals surface area (Å²) in [7, 11) is 1.62. The number of rotatable bonds is 4. The molecule has 156 valence electrons. The molecule has 3 aliphatic rings. The zero-order chi connectivity index (χ0) is 20.9. The van der Waals surface area contributed by atoms with Crippen molar-refractivity contribution < 1.29 is 23.7 Å². The summed E-state index contributed by atoms with van der Waals surface area (Å²) in [4.78, 5) is 15.3. The first-order valence-corrected chi connectivity index (χ1v) is 10.2. The van der Waals surface area contributed by atoms with Gasteiger partial charge in [0.05, 0.1) is 13.7 Å². The van der Waals surface area contributed by atoms with Gasteiger partial charge in [-0.25, -0.2) is 0 Å². The lowest BCUT2D eigenvalue weighted by atomic mass is 9.76. The van der Waals surface area contributed by atoms with Crippen molar-refractivity contribution >= 4 is 17.4 Å². The molecule has 3 heterocycles. The minimum absolute atomic E-state index is 0.0619. The van der Waals surface area contributed by atoms with Crippen LogP contribution in [0.1, 0.15) is 25.8 Å². The van der Waals surface area contributed by atoms with Gasteiger partial charge in [0, 0.05) is 17.7 Å². The van der Waals surface area contributed by atoms with E-state index in [-0.39, 0.29) is 18.1 Å². The standard InChI is InChI=1S/C24H25NO5/c1-23(2)28-15-20(29-23)21-24(14-13-19(30-24)16-7-5-4-6-8-16)22(26)25(21)17-9-11-18(27-3)12-10-17/h4-13,20-21H,14-15H2,1-3H3/t20-,21+,24+/m1/s1. The van der Waals surface area contributed by atoms with Gasteiger partial charge < -0.3 is 18.9 Å². The van der Waals surface area contributed by atoms with E-state index in [9.17, 15) is 4.79 Å². The Morgan fingerprint density at radius 1 is 1.07 bits per heavy atom. The van der Waals surface area contributed by atoms with E-state index in [1.165, 1.54) is 0 Å². The first-order chi connectivity index (χ1) is 14.4. The summed E-state index contributed by atoms with van der Waals surface area (Å²) >= 11 is 0. The Bertz CT molecular complexity index is 984. The van der Waals surface area contributed by atoms with Gasteiger partial charge >= 0.3 is 0 Å². The van der Waals surface area contributed by atoms with Crippen molar-refractivity contribution in [1.29, 1.82) is 0 Å². The molecule has 0 aromatic heterocycles. The van der Waals surface area contributed by atoms with Crippen molar-refractivity contribution in [3.05, 3.63) is 66.2 Å². The van der Waals surface area contributed by atoms with E-state index in [0.717, 1.165) is 22.8 Å². The number of ether oxygens (including phenoxy) is 4. The molecule has 2 aromatic carbocycles. The number of nitrogens with zero attached hydrogens (tertiary/aromatic N) is 1. The molecule has 0 radical (unpaired) electrons. The molecule has 2 aromatic rings. The Morgan fingerprint density at radius 2 is 1.80 bits per heavy atom. The molecule has 0 N–H and O–H groups in total. The number of methoxy groups -OCH3 is 1. The van der Waals surface area contributed by atoms with E-state index in [1.54, 1.807) is 12.0 Å². The predicted molar refractivity (Wildman–Crippen MR) is 112 cm³/mol. The monoisotopic (exact) mass is 407 g/mol. The molecule has 30 heavy (non-hydrogen) atoms. The largest absolute Gasteiger partial charge is 0.497 e. The molecule has 1 amide bonds. The van der Waals surface area contributed by atoms with Gasteiger partial charge in [-0.05, 0) is 44.2 Å². The van der Waals surface area contributed by atoms with E-state index < -0.39 is 11.4 Å². The maximum Gasteiger partial charge on any atom is 0.274 e. The van der Waals surface area contributed by atoms with Gasteiger partial charge in [0.15, 0.2) is 5.79 Å². The van der Waals surface area contributed by atoms with Crippen molar-refractivity contribution in [3.63, 3.8) is 0 Å². The SMILES string of the molecule is COc1ccc(N2C(=O)[C@]3(CC=C(c4ccccc4)O3)[C@@H]2[C@H]2COC(C)(C)O2)cc1. The van der Waals surface area contributed by atoms with Crippen molar-refractivity contribution in [2.75, 3.05) is 18.6 Å². The lowest BCUT2D eigenvalue weighted by Gasteiger charge is -2.55. The van der Waals surface area contributed by atoms with Crippen LogP contribution in [0.4, 0.5) is 5.69 Å². The molecule has 2 saturated heterocycles. The third kappa shape index (κ3) is 2.90. The van der Waals surface area contributed by atoms with E-state index in [0.29, 0.717) is 13.0 Å². The van der Waals surface area contributed by atoms with E-state index >= 15 is 0 Å². The number of hydrogen-bond donors (Lipinski definition) is 0. The first-order valence-electron chi connectivity index (χ1n) is 10.2. The van der Waals surface area contributed by atoms with Crippen LogP contribution in [0.25, 0.3) is 5.76 Å². The highest BCUT2D eigenvalue weighted by atomic mass is 16.7. The third-order valence-electron chi connectivity index (χ3n) is 6.01. The Morgan fingerprint density at radius 3 is 2.43 bits per heavy atom. The van der Waals surface area contributed by atoms with Crippen LogP contribution in [0, 0.1) is 0 Å². The number of β-lactam (4-membered cyclic amide) rings is 1. The van der Waals surface area contributed by atoms with Crippen LogP contribution in [0.3, 0.4) is 0 Å². The highest BCUT2D eigenvalue weighted by Crippen LogP contribution is 2.50. The van der Waals surface area contributed by atoms with Crippen LogP contribution in [0.5, 0.6) is 5.75 Å². The quantitative estimate of drug-likeness (QED) is 0.723. The molecule has 0 saturated carbocycles. The van der Waals surface area contributed by atoms with Crippen molar-refractivity contribution in [2.24, 2.45) is 0 Å². The molecule has 5 rings (SSSR count). The maximum absolute atomic E-state index is 13.5. The highest BCUT2D eigenvalue weighted by Gasteiger charge is 2.68. The van der Waals surface area contributed by atoms with Crippen LogP contribution in [0.2, 0.25) is 0 Å².